The van der Waals surface area contributed by atoms with Crippen molar-refractivity contribution in [3.05, 3.63) is 53.1 Å². The Kier molecular flexibility index (Phi) is 3.42. The highest BCUT2D eigenvalue weighted by Gasteiger charge is 2.05. The maximum Gasteiger partial charge on any atom is 0.146 e. The van der Waals surface area contributed by atoms with Gasteiger partial charge >= 0.3 is 0 Å². The Labute approximate surface area is 107 Å². The Morgan fingerprint density at radius 2 is 1.78 bits per heavy atom. The molecule has 0 aliphatic rings. The number of aryl methyl sites for hydroxylation is 2. The number of benzene rings is 2. The second-order valence-electron chi connectivity index (χ2n) is 4.47. The molecule has 0 spiro atoms. The van der Waals surface area contributed by atoms with Gasteiger partial charge in [-0.15, -0.1) is 0 Å². The zero-order chi connectivity index (χ0) is 13.1. The molecule has 18 heavy (non-hydrogen) atoms. The third-order valence-electron chi connectivity index (χ3n) is 2.72. The number of hydrogen-bond donors (Lipinski definition) is 2. The number of rotatable bonds is 3. The molecule has 0 bridgehead atoms. The molecule has 2 aromatic carbocycles. The van der Waals surface area contributed by atoms with Crippen LogP contribution >= 0.6 is 0 Å². The van der Waals surface area contributed by atoms with Gasteiger partial charge in [0.1, 0.15) is 23.8 Å². The Bertz CT molecular complexity index is 544. The van der Waals surface area contributed by atoms with Crippen LogP contribution in [0.15, 0.2) is 36.4 Å². The highest BCUT2D eigenvalue weighted by Crippen LogP contribution is 2.30. The minimum atomic E-state index is 0.0490. The third kappa shape index (κ3) is 2.74. The Morgan fingerprint density at radius 1 is 1.11 bits per heavy atom. The molecule has 0 saturated heterocycles. The van der Waals surface area contributed by atoms with E-state index in [0.29, 0.717) is 12.4 Å². The van der Waals surface area contributed by atoms with Gasteiger partial charge < -0.3 is 15.6 Å². The molecule has 0 heterocycles. The van der Waals surface area contributed by atoms with Crippen molar-refractivity contribution in [1.29, 1.82) is 0 Å². The molecule has 2 rings (SSSR count). The van der Waals surface area contributed by atoms with Gasteiger partial charge in [-0.3, -0.25) is 0 Å². The molecule has 0 aliphatic carbocycles. The lowest BCUT2D eigenvalue weighted by molar-refractivity contribution is 0.306. The smallest absolute Gasteiger partial charge is 0.146 e. The van der Waals surface area contributed by atoms with Gasteiger partial charge in [0.05, 0.1) is 0 Å². The average molecular weight is 243 g/mol. The second-order valence-corrected chi connectivity index (χ2v) is 4.47. The lowest BCUT2D eigenvalue weighted by Crippen LogP contribution is -1.99. The Hall–Kier alpha value is -2.16. The zero-order valence-electron chi connectivity index (χ0n) is 10.6. The van der Waals surface area contributed by atoms with Gasteiger partial charge in [-0.2, -0.15) is 0 Å². The summed E-state index contributed by atoms with van der Waals surface area (Å²) in [4.78, 5) is 0. The molecule has 94 valence electrons. The molecular formula is C15H17NO2. The maximum absolute atomic E-state index is 9.48. The molecule has 2 aromatic rings. The highest BCUT2D eigenvalue weighted by molar-refractivity contribution is 5.61. The van der Waals surface area contributed by atoms with Gasteiger partial charge in [0.2, 0.25) is 0 Å². The topological polar surface area (TPSA) is 55.5 Å². The molecule has 0 aromatic heterocycles. The van der Waals surface area contributed by atoms with Crippen molar-refractivity contribution in [2.45, 2.75) is 20.5 Å². The van der Waals surface area contributed by atoms with Gasteiger partial charge in [0.15, 0.2) is 0 Å². The molecule has 3 nitrogen and oxygen atoms in total. The van der Waals surface area contributed by atoms with Crippen LogP contribution in [0.5, 0.6) is 11.5 Å². The van der Waals surface area contributed by atoms with Crippen molar-refractivity contribution in [2.75, 3.05) is 5.73 Å². The van der Waals surface area contributed by atoms with Crippen LogP contribution in [0.1, 0.15) is 16.7 Å². The van der Waals surface area contributed by atoms with E-state index >= 15 is 0 Å². The summed E-state index contributed by atoms with van der Waals surface area (Å²) in [7, 11) is 0. The summed E-state index contributed by atoms with van der Waals surface area (Å²) >= 11 is 0. The predicted molar refractivity (Wildman–Crippen MR) is 72.8 cm³/mol. The van der Waals surface area contributed by atoms with E-state index in [1.54, 1.807) is 18.2 Å². The highest BCUT2D eigenvalue weighted by atomic mass is 16.5. The molecule has 0 amide bonds. The summed E-state index contributed by atoms with van der Waals surface area (Å²) in [5.74, 6) is 0.557. The fourth-order valence-electron chi connectivity index (χ4n) is 1.97. The van der Waals surface area contributed by atoms with E-state index in [9.17, 15) is 5.11 Å². The van der Waals surface area contributed by atoms with Gasteiger partial charge in [0, 0.05) is 0 Å². The van der Waals surface area contributed by atoms with Crippen LogP contribution in [-0.4, -0.2) is 5.11 Å². The normalized spacial score (nSPS) is 10.3. The lowest BCUT2D eigenvalue weighted by Gasteiger charge is -2.10. The molecular weight excluding hydrogens is 226 g/mol. The van der Waals surface area contributed by atoms with E-state index in [2.05, 4.69) is 32.0 Å². The van der Waals surface area contributed by atoms with Crippen molar-refractivity contribution in [1.82, 2.24) is 0 Å². The van der Waals surface area contributed by atoms with E-state index in [1.807, 2.05) is 0 Å². The quantitative estimate of drug-likeness (QED) is 0.643. The van der Waals surface area contributed by atoms with Gasteiger partial charge in [-0.25, -0.2) is 0 Å². The molecule has 0 unspecified atom stereocenters. The van der Waals surface area contributed by atoms with Crippen LogP contribution in [0.3, 0.4) is 0 Å². The SMILES string of the molecule is Cc1cc(C)cc(COc2cccc(O)c2N)c1. The first-order valence-corrected chi connectivity index (χ1v) is 5.83. The zero-order valence-corrected chi connectivity index (χ0v) is 10.6. The number of anilines is 1. The number of nitrogen functional groups attached to an aromatic ring is 1. The Morgan fingerprint density at radius 3 is 2.44 bits per heavy atom. The summed E-state index contributed by atoms with van der Waals surface area (Å²) in [6.45, 7) is 4.55. The van der Waals surface area contributed by atoms with Crippen LogP contribution in [0.2, 0.25) is 0 Å². The standard InChI is InChI=1S/C15H17NO2/c1-10-6-11(2)8-12(7-10)9-18-14-5-3-4-13(17)15(14)16/h3-8,17H,9,16H2,1-2H3. The number of aromatic hydroxyl groups is 1. The summed E-state index contributed by atoms with van der Waals surface area (Å²) in [6.07, 6.45) is 0. The number of hydrogen-bond acceptors (Lipinski definition) is 3. The van der Waals surface area contributed by atoms with E-state index in [4.69, 9.17) is 10.5 Å². The molecule has 0 fully saturated rings. The fourth-order valence-corrected chi connectivity index (χ4v) is 1.97. The molecule has 0 aliphatic heterocycles. The van der Waals surface area contributed by atoms with Crippen LogP contribution in [-0.2, 0) is 6.61 Å². The summed E-state index contributed by atoms with van der Waals surface area (Å²) < 4.78 is 5.63. The van der Waals surface area contributed by atoms with Crippen molar-refractivity contribution >= 4 is 5.69 Å². The van der Waals surface area contributed by atoms with Gasteiger partial charge in [-0.1, -0.05) is 35.4 Å². The first-order valence-electron chi connectivity index (χ1n) is 5.83. The third-order valence-corrected chi connectivity index (χ3v) is 2.72. The van der Waals surface area contributed by atoms with E-state index in [-0.39, 0.29) is 11.4 Å². The molecule has 0 atom stereocenters. The first-order chi connectivity index (χ1) is 8.56. The summed E-state index contributed by atoms with van der Waals surface area (Å²) in [5.41, 5.74) is 9.52. The van der Waals surface area contributed by atoms with Crippen molar-refractivity contribution in [3.63, 3.8) is 0 Å². The van der Waals surface area contributed by atoms with Crippen LogP contribution in [0.25, 0.3) is 0 Å². The summed E-state index contributed by atoms with van der Waals surface area (Å²) in [5, 5.41) is 9.48. The maximum atomic E-state index is 9.48. The minimum absolute atomic E-state index is 0.0490. The average Bonchev–Trinajstić information content (AvgIpc) is 2.30. The number of ether oxygens (including phenoxy) is 1. The van der Waals surface area contributed by atoms with E-state index in [1.165, 1.54) is 11.1 Å². The Balaban J connectivity index is 2.14. The largest absolute Gasteiger partial charge is 0.506 e. The van der Waals surface area contributed by atoms with Crippen LogP contribution in [0, 0.1) is 13.8 Å². The fraction of sp³-hybridized carbons (Fsp3) is 0.200. The van der Waals surface area contributed by atoms with Gasteiger partial charge in [0.25, 0.3) is 0 Å². The minimum Gasteiger partial charge on any atom is -0.506 e. The number of nitrogens with two attached hydrogens (primary N) is 1. The molecule has 0 saturated carbocycles. The van der Waals surface area contributed by atoms with Crippen LogP contribution in [0.4, 0.5) is 5.69 Å². The number of para-hydroxylation sites is 1. The van der Waals surface area contributed by atoms with Gasteiger partial charge in [-0.05, 0) is 31.5 Å². The monoisotopic (exact) mass is 243 g/mol. The van der Waals surface area contributed by atoms with Crippen molar-refractivity contribution in [3.8, 4) is 11.5 Å². The van der Waals surface area contributed by atoms with Crippen molar-refractivity contribution < 1.29 is 9.84 Å². The number of phenols is 1. The lowest BCUT2D eigenvalue weighted by atomic mass is 10.1. The predicted octanol–water partition coefficient (Wildman–Crippen LogP) is 3.17. The second kappa shape index (κ2) is 5.00. The summed E-state index contributed by atoms with van der Waals surface area (Å²) in [6, 6.07) is 11.3. The first kappa shape index (κ1) is 12.3. The number of phenolic OH excluding ortho intramolecular Hbond substituents is 1. The molecule has 0 radical (unpaired) electrons. The van der Waals surface area contributed by atoms with E-state index in [0.717, 1.165) is 5.56 Å². The molecule has 3 heteroatoms. The van der Waals surface area contributed by atoms with E-state index < -0.39 is 0 Å². The van der Waals surface area contributed by atoms with Crippen LogP contribution < -0.4 is 10.5 Å². The molecule has 3 N–H and O–H groups in total. The van der Waals surface area contributed by atoms with Crippen molar-refractivity contribution in [2.24, 2.45) is 0 Å².